The molecule has 2 N–H and O–H groups in total. The third-order valence-electron chi connectivity index (χ3n) is 4.10. The van der Waals surface area contributed by atoms with Crippen LogP contribution < -0.4 is 10.6 Å². The van der Waals surface area contributed by atoms with Crippen molar-refractivity contribution in [1.82, 2.24) is 5.32 Å². The Morgan fingerprint density at radius 2 is 1.76 bits per heavy atom. The van der Waals surface area contributed by atoms with Gasteiger partial charge in [-0.05, 0) is 36.1 Å². The smallest absolute Gasteiger partial charge is 0.258 e. The Hall–Kier alpha value is -2.66. The Kier molecular flexibility index (Phi) is 5.46. The molecule has 1 atom stereocenters. The van der Waals surface area contributed by atoms with Crippen molar-refractivity contribution < 1.29 is 14.3 Å². The molecule has 25 heavy (non-hydrogen) atoms. The molecule has 5 nitrogen and oxygen atoms in total. The maximum absolute atomic E-state index is 12.4. The van der Waals surface area contributed by atoms with Gasteiger partial charge in [-0.1, -0.05) is 42.5 Å². The minimum absolute atomic E-state index is 0.0443. The molecular weight excluding hydrogens is 316 g/mol. The highest BCUT2D eigenvalue weighted by Gasteiger charge is 2.23. The molecular formula is C20H22N2O3. The molecule has 0 bridgehead atoms. The molecule has 1 aliphatic rings. The molecule has 0 heterocycles. The summed E-state index contributed by atoms with van der Waals surface area (Å²) >= 11 is 0. The lowest BCUT2D eigenvalue weighted by atomic mass is 10.1. The average molecular weight is 338 g/mol. The van der Waals surface area contributed by atoms with E-state index in [2.05, 4.69) is 10.6 Å². The maximum Gasteiger partial charge on any atom is 0.258 e. The zero-order valence-corrected chi connectivity index (χ0v) is 14.2. The molecule has 0 unspecified atom stereocenters. The zero-order chi connectivity index (χ0) is 17.6. The van der Waals surface area contributed by atoms with E-state index >= 15 is 0 Å². The summed E-state index contributed by atoms with van der Waals surface area (Å²) in [5, 5.41) is 5.81. The van der Waals surface area contributed by atoms with Crippen LogP contribution in [0.25, 0.3) is 0 Å². The number of rotatable bonds is 7. The molecule has 1 aliphatic carbocycles. The summed E-state index contributed by atoms with van der Waals surface area (Å²) in [5.74, 6) is -0.185. The van der Waals surface area contributed by atoms with Crippen LogP contribution >= 0.6 is 0 Å². The number of benzene rings is 2. The van der Waals surface area contributed by atoms with Gasteiger partial charge >= 0.3 is 0 Å². The lowest BCUT2D eigenvalue weighted by Gasteiger charge is -2.15. The Balaban J connectivity index is 1.58. The van der Waals surface area contributed by atoms with Crippen molar-refractivity contribution >= 4 is 17.5 Å². The van der Waals surface area contributed by atoms with Gasteiger partial charge in [0.05, 0.1) is 6.42 Å². The summed E-state index contributed by atoms with van der Waals surface area (Å²) < 4.78 is 5.32. The molecule has 1 saturated carbocycles. The fraction of sp³-hybridized carbons (Fsp3) is 0.300. The molecule has 5 heteroatoms. The van der Waals surface area contributed by atoms with Crippen LogP contribution in [-0.2, 0) is 20.7 Å². The number of hydrogen-bond acceptors (Lipinski definition) is 3. The van der Waals surface area contributed by atoms with Crippen LogP contribution in [0.15, 0.2) is 54.6 Å². The lowest BCUT2D eigenvalue weighted by Crippen LogP contribution is -2.27. The summed E-state index contributed by atoms with van der Waals surface area (Å²) in [6.07, 6.45) is 1.86. The number of carbonyl (C=O) groups excluding carboxylic acids is 2. The van der Waals surface area contributed by atoms with E-state index in [0.717, 1.165) is 24.0 Å². The van der Waals surface area contributed by atoms with Gasteiger partial charge < -0.3 is 15.4 Å². The summed E-state index contributed by atoms with van der Waals surface area (Å²) in [4.78, 5) is 24.2. The second kappa shape index (κ2) is 7.94. The molecule has 0 aromatic heterocycles. The van der Waals surface area contributed by atoms with Crippen molar-refractivity contribution in [3.8, 4) is 0 Å². The van der Waals surface area contributed by atoms with Gasteiger partial charge in [0, 0.05) is 18.8 Å². The van der Waals surface area contributed by atoms with Crippen LogP contribution in [0.3, 0.4) is 0 Å². The first-order valence-corrected chi connectivity index (χ1v) is 8.42. The number of ether oxygens (including phenoxy) is 1. The predicted molar refractivity (Wildman–Crippen MR) is 96.1 cm³/mol. The van der Waals surface area contributed by atoms with Gasteiger partial charge in [-0.15, -0.1) is 0 Å². The topological polar surface area (TPSA) is 67.4 Å². The van der Waals surface area contributed by atoms with E-state index in [0.29, 0.717) is 18.2 Å². The van der Waals surface area contributed by atoms with E-state index in [1.807, 2.05) is 42.5 Å². The van der Waals surface area contributed by atoms with E-state index in [1.165, 1.54) is 7.11 Å². The van der Waals surface area contributed by atoms with Crippen molar-refractivity contribution in [1.29, 1.82) is 0 Å². The molecule has 0 radical (unpaired) electrons. The second-order valence-electron chi connectivity index (χ2n) is 6.23. The third kappa shape index (κ3) is 4.90. The fourth-order valence-electron chi connectivity index (χ4n) is 2.63. The van der Waals surface area contributed by atoms with Gasteiger partial charge in [-0.25, -0.2) is 0 Å². The van der Waals surface area contributed by atoms with Crippen molar-refractivity contribution in [3.63, 3.8) is 0 Å². The highest BCUT2D eigenvalue weighted by atomic mass is 16.5. The number of amides is 2. The summed E-state index contributed by atoms with van der Waals surface area (Å²) in [7, 11) is 1.51. The standard InChI is InChI=1S/C20H22N2O3/c1-25-19(15-5-3-2-4-6-15)20(24)22-17-9-7-14(8-10-17)13-18(23)21-16-11-12-16/h2-10,16,19H,11-13H2,1H3,(H,21,23)(H,22,24)/t19-/m1/s1. The van der Waals surface area contributed by atoms with Crippen molar-refractivity contribution in [2.24, 2.45) is 0 Å². The highest BCUT2D eigenvalue weighted by molar-refractivity contribution is 5.95. The molecule has 1 fully saturated rings. The maximum atomic E-state index is 12.4. The van der Waals surface area contributed by atoms with E-state index in [4.69, 9.17) is 4.74 Å². The molecule has 2 aromatic rings. The van der Waals surface area contributed by atoms with Crippen LogP contribution in [0.2, 0.25) is 0 Å². The van der Waals surface area contributed by atoms with Crippen LogP contribution in [0.5, 0.6) is 0 Å². The quantitative estimate of drug-likeness (QED) is 0.816. The minimum atomic E-state index is -0.662. The zero-order valence-electron chi connectivity index (χ0n) is 14.2. The van der Waals surface area contributed by atoms with Gasteiger partial charge in [0.15, 0.2) is 6.10 Å². The Bertz CT molecular complexity index is 724. The third-order valence-corrected chi connectivity index (χ3v) is 4.10. The van der Waals surface area contributed by atoms with Crippen molar-refractivity contribution in [3.05, 3.63) is 65.7 Å². The van der Waals surface area contributed by atoms with E-state index < -0.39 is 6.10 Å². The number of methoxy groups -OCH3 is 1. The van der Waals surface area contributed by atoms with Gasteiger partial charge in [0.25, 0.3) is 5.91 Å². The average Bonchev–Trinajstić information content (AvgIpc) is 3.42. The molecule has 3 rings (SSSR count). The van der Waals surface area contributed by atoms with Crippen LogP contribution in [-0.4, -0.2) is 25.0 Å². The van der Waals surface area contributed by atoms with Gasteiger partial charge in [-0.3, -0.25) is 9.59 Å². The number of nitrogens with one attached hydrogen (secondary N) is 2. The lowest BCUT2D eigenvalue weighted by molar-refractivity contribution is -0.126. The summed E-state index contributed by atoms with van der Waals surface area (Å²) in [6.45, 7) is 0. The largest absolute Gasteiger partial charge is 0.367 e. The predicted octanol–water partition coefficient (Wildman–Crippen LogP) is 2.83. The monoisotopic (exact) mass is 338 g/mol. The van der Waals surface area contributed by atoms with Crippen molar-refractivity contribution in [2.75, 3.05) is 12.4 Å². The van der Waals surface area contributed by atoms with E-state index in [-0.39, 0.29) is 11.8 Å². The molecule has 0 spiro atoms. The van der Waals surface area contributed by atoms with E-state index in [1.54, 1.807) is 12.1 Å². The highest BCUT2D eigenvalue weighted by Crippen LogP contribution is 2.20. The minimum Gasteiger partial charge on any atom is -0.367 e. The molecule has 0 saturated heterocycles. The first kappa shape index (κ1) is 17.2. The fourth-order valence-corrected chi connectivity index (χ4v) is 2.63. The number of anilines is 1. The molecule has 130 valence electrons. The van der Waals surface area contributed by atoms with Crippen LogP contribution in [0, 0.1) is 0 Å². The Labute approximate surface area is 147 Å². The van der Waals surface area contributed by atoms with Gasteiger partial charge in [0.1, 0.15) is 0 Å². The Morgan fingerprint density at radius 3 is 2.36 bits per heavy atom. The van der Waals surface area contributed by atoms with Crippen LogP contribution in [0.1, 0.15) is 30.1 Å². The second-order valence-corrected chi connectivity index (χ2v) is 6.23. The molecule has 2 amide bonds. The normalized spacial score (nSPS) is 14.6. The number of hydrogen-bond donors (Lipinski definition) is 2. The SMILES string of the molecule is CO[C@@H](C(=O)Nc1ccc(CC(=O)NC2CC2)cc1)c1ccccc1. The molecule has 2 aromatic carbocycles. The van der Waals surface area contributed by atoms with Crippen molar-refractivity contribution in [2.45, 2.75) is 31.4 Å². The van der Waals surface area contributed by atoms with Gasteiger partial charge in [0.2, 0.25) is 5.91 Å². The summed E-state index contributed by atoms with van der Waals surface area (Å²) in [5.41, 5.74) is 2.40. The number of carbonyl (C=O) groups is 2. The van der Waals surface area contributed by atoms with Gasteiger partial charge in [-0.2, -0.15) is 0 Å². The van der Waals surface area contributed by atoms with E-state index in [9.17, 15) is 9.59 Å². The Morgan fingerprint density at radius 1 is 1.08 bits per heavy atom. The first-order valence-electron chi connectivity index (χ1n) is 8.42. The first-order chi connectivity index (χ1) is 12.2. The molecule has 0 aliphatic heterocycles. The summed E-state index contributed by atoms with van der Waals surface area (Å²) in [6, 6.07) is 17.0. The van der Waals surface area contributed by atoms with Crippen LogP contribution in [0.4, 0.5) is 5.69 Å².